The maximum atomic E-state index is 11.8. The standard InChI is InChI=1S/C17H20N2O2S/c1-13-4-3-5-14(8-13)11-22-12-16(20)18-9-15-6-7-17(21-2)19-10-15/h3-8,10H,9,11-12H2,1-2H3,(H,18,20). The summed E-state index contributed by atoms with van der Waals surface area (Å²) >= 11 is 1.62. The molecule has 22 heavy (non-hydrogen) atoms. The summed E-state index contributed by atoms with van der Waals surface area (Å²) in [6.07, 6.45) is 1.71. The highest BCUT2D eigenvalue weighted by molar-refractivity contribution is 7.99. The Kier molecular flexibility index (Phi) is 6.27. The summed E-state index contributed by atoms with van der Waals surface area (Å²) in [4.78, 5) is 15.9. The third-order valence-corrected chi connectivity index (χ3v) is 4.08. The highest BCUT2D eigenvalue weighted by atomic mass is 32.2. The number of aryl methyl sites for hydroxylation is 1. The predicted octanol–water partition coefficient (Wildman–Crippen LogP) is 2.95. The molecule has 116 valence electrons. The van der Waals surface area contributed by atoms with Gasteiger partial charge in [0.15, 0.2) is 0 Å². The minimum absolute atomic E-state index is 0.0356. The summed E-state index contributed by atoms with van der Waals surface area (Å²) in [5, 5.41) is 2.89. The SMILES string of the molecule is COc1ccc(CNC(=O)CSCc2cccc(C)c2)cn1. The Morgan fingerprint density at radius 2 is 2.14 bits per heavy atom. The number of benzene rings is 1. The number of nitrogens with one attached hydrogen (secondary N) is 1. The molecule has 4 nitrogen and oxygen atoms in total. The Morgan fingerprint density at radius 3 is 2.82 bits per heavy atom. The molecule has 0 fully saturated rings. The second-order valence-electron chi connectivity index (χ2n) is 4.97. The highest BCUT2D eigenvalue weighted by Gasteiger charge is 2.03. The number of methoxy groups -OCH3 is 1. The fourth-order valence-corrected chi connectivity index (χ4v) is 2.76. The molecule has 0 aliphatic carbocycles. The van der Waals surface area contributed by atoms with E-state index in [1.807, 2.05) is 12.1 Å². The smallest absolute Gasteiger partial charge is 0.230 e. The van der Waals surface area contributed by atoms with E-state index in [0.717, 1.165) is 11.3 Å². The number of nitrogens with zero attached hydrogens (tertiary/aromatic N) is 1. The van der Waals surface area contributed by atoms with E-state index in [2.05, 4.69) is 35.4 Å². The van der Waals surface area contributed by atoms with Gasteiger partial charge in [-0.25, -0.2) is 4.98 Å². The Morgan fingerprint density at radius 1 is 1.27 bits per heavy atom. The molecule has 0 bridgehead atoms. The van der Waals surface area contributed by atoms with Gasteiger partial charge in [0.2, 0.25) is 11.8 Å². The number of rotatable bonds is 7. The zero-order valence-electron chi connectivity index (χ0n) is 12.8. The van der Waals surface area contributed by atoms with Crippen LogP contribution in [-0.2, 0) is 17.1 Å². The lowest BCUT2D eigenvalue weighted by Crippen LogP contribution is -2.24. The fourth-order valence-electron chi connectivity index (χ4n) is 1.95. The van der Waals surface area contributed by atoms with Crippen LogP contribution in [0.5, 0.6) is 5.88 Å². The Balaban J connectivity index is 1.69. The first-order chi connectivity index (χ1) is 10.7. The predicted molar refractivity (Wildman–Crippen MR) is 90.0 cm³/mol. The highest BCUT2D eigenvalue weighted by Crippen LogP contribution is 2.13. The quantitative estimate of drug-likeness (QED) is 0.853. The van der Waals surface area contributed by atoms with Crippen LogP contribution in [0, 0.1) is 6.92 Å². The summed E-state index contributed by atoms with van der Waals surface area (Å²) in [6.45, 7) is 2.56. The molecule has 5 heteroatoms. The van der Waals surface area contributed by atoms with E-state index in [9.17, 15) is 4.79 Å². The van der Waals surface area contributed by atoms with Crippen LogP contribution >= 0.6 is 11.8 Å². The van der Waals surface area contributed by atoms with Crippen LogP contribution in [0.15, 0.2) is 42.6 Å². The molecule has 2 aromatic rings. The summed E-state index contributed by atoms with van der Waals surface area (Å²) in [5.74, 6) is 1.91. The van der Waals surface area contributed by atoms with Crippen molar-refractivity contribution < 1.29 is 9.53 Å². The number of carbonyl (C=O) groups excluding carboxylic acids is 1. The van der Waals surface area contributed by atoms with Gasteiger partial charge in [-0.2, -0.15) is 0 Å². The van der Waals surface area contributed by atoms with Gasteiger partial charge in [0.25, 0.3) is 0 Å². The number of thioether (sulfide) groups is 1. The first kappa shape index (κ1) is 16.4. The molecule has 0 saturated carbocycles. The molecule has 1 aromatic heterocycles. The van der Waals surface area contributed by atoms with Gasteiger partial charge in [-0.3, -0.25) is 4.79 Å². The van der Waals surface area contributed by atoms with Crippen molar-refractivity contribution in [2.45, 2.75) is 19.2 Å². The van der Waals surface area contributed by atoms with Crippen molar-refractivity contribution in [3.63, 3.8) is 0 Å². The summed E-state index contributed by atoms with van der Waals surface area (Å²) in [7, 11) is 1.58. The molecular weight excluding hydrogens is 296 g/mol. The van der Waals surface area contributed by atoms with E-state index in [0.29, 0.717) is 18.2 Å². The topological polar surface area (TPSA) is 51.2 Å². The summed E-state index contributed by atoms with van der Waals surface area (Å²) in [5.41, 5.74) is 3.45. The second kappa shape index (κ2) is 8.44. The zero-order chi connectivity index (χ0) is 15.8. The average Bonchev–Trinajstić information content (AvgIpc) is 2.53. The maximum absolute atomic E-state index is 11.8. The van der Waals surface area contributed by atoms with Gasteiger partial charge in [0.1, 0.15) is 0 Å². The van der Waals surface area contributed by atoms with Crippen molar-refractivity contribution in [1.29, 1.82) is 0 Å². The second-order valence-corrected chi connectivity index (χ2v) is 5.95. The molecule has 0 aliphatic rings. The van der Waals surface area contributed by atoms with Gasteiger partial charge in [-0.1, -0.05) is 35.9 Å². The third-order valence-electron chi connectivity index (χ3n) is 3.08. The molecule has 0 unspecified atom stereocenters. The number of hydrogen-bond donors (Lipinski definition) is 1. The molecule has 0 saturated heterocycles. The molecule has 0 atom stereocenters. The van der Waals surface area contributed by atoms with Crippen molar-refractivity contribution in [1.82, 2.24) is 10.3 Å². The van der Waals surface area contributed by atoms with Crippen LogP contribution in [0.1, 0.15) is 16.7 Å². The fraction of sp³-hybridized carbons (Fsp3) is 0.294. The van der Waals surface area contributed by atoms with E-state index in [4.69, 9.17) is 4.74 Å². The van der Waals surface area contributed by atoms with Gasteiger partial charge in [-0.15, -0.1) is 11.8 Å². The lowest BCUT2D eigenvalue weighted by atomic mass is 10.2. The van der Waals surface area contributed by atoms with Crippen LogP contribution in [0.4, 0.5) is 0 Å². The molecule has 2 rings (SSSR count). The Labute approximate surface area is 135 Å². The number of hydrogen-bond acceptors (Lipinski definition) is 4. The number of amides is 1. The van der Waals surface area contributed by atoms with Crippen molar-refractivity contribution >= 4 is 17.7 Å². The first-order valence-corrected chi connectivity index (χ1v) is 8.22. The Bertz CT molecular complexity index is 614. The largest absolute Gasteiger partial charge is 0.481 e. The van der Waals surface area contributed by atoms with Gasteiger partial charge in [0.05, 0.1) is 12.9 Å². The summed E-state index contributed by atoms with van der Waals surface area (Å²) in [6, 6.07) is 12.0. The molecule has 0 radical (unpaired) electrons. The minimum Gasteiger partial charge on any atom is -0.481 e. The lowest BCUT2D eigenvalue weighted by Gasteiger charge is -2.06. The average molecular weight is 316 g/mol. The lowest BCUT2D eigenvalue weighted by molar-refractivity contribution is -0.118. The molecular formula is C17H20N2O2S. The first-order valence-electron chi connectivity index (χ1n) is 7.06. The molecule has 1 aromatic carbocycles. The van der Waals surface area contributed by atoms with E-state index in [-0.39, 0.29) is 5.91 Å². The van der Waals surface area contributed by atoms with Crippen LogP contribution in [-0.4, -0.2) is 23.8 Å². The number of carbonyl (C=O) groups is 1. The van der Waals surface area contributed by atoms with E-state index in [1.165, 1.54) is 11.1 Å². The molecule has 1 amide bonds. The molecule has 0 aliphatic heterocycles. The van der Waals surface area contributed by atoms with Crippen molar-refractivity contribution in [2.75, 3.05) is 12.9 Å². The Hall–Kier alpha value is -2.01. The van der Waals surface area contributed by atoms with Crippen LogP contribution < -0.4 is 10.1 Å². The zero-order valence-corrected chi connectivity index (χ0v) is 13.7. The van der Waals surface area contributed by atoms with Crippen molar-refractivity contribution in [3.05, 3.63) is 59.3 Å². The van der Waals surface area contributed by atoms with E-state index < -0.39 is 0 Å². The molecule has 1 heterocycles. The van der Waals surface area contributed by atoms with Gasteiger partial charge in [0, 0.05) is 24.6 Å². The van der Waals surface area contributed by atoms with Crippen molar-refractivity contribution in [3.8, 4) is 5.88 Å². The third kappa shape index (κ3) is 5.41. The monoisotopic (exact) mass is 316 g/mol. The van der Waals surface area contributed by atoms with E-state index >= 15 is 0 Å². The maximum Gasteiger partial charge on any atom is 0.230 e. The van der Waals surface area contributed by atoms with Crippen LogP contribution in [0.25, 0.3) is 0 Å². The van der Waals surface area contributed by atoms with Gasteiger partial charge in [-0.05, 0) is 18.1 Å². The van der Waals surface area contributed by atoms with Gasteiger partial charge >= 0.3 is 0 Å². The summed E-state index contributed by atoms with van der Waals surface area (Å²) < 4.78 is 5.00. The minimum atomic E-state index is 0.0356. The van der Waals surface area contributed by atoms with Gasteiger partial charge < -0.3 is 10.1 Å². The van der Waals surface area contributed by atoms with E-state index in [1.54, 1.807) is 31.1 Å². The van der Waals surface area contributed by atoms with Crippen LogP contribution in [0.2, 0.25) is 0 Å². The number of pyridine rings is 1. The van der Waals surface area contributed by atoms with Crippen LogP contribution in [0.3, 0.4) is 0 Å². The molecule has 1 N–H and O–H groups in total. The number of aromatic nitrogens is 1. The normalized spacial score (nSPS) is 10.3. The number of ether oxygens (including phenoxy) is 1. The van der Waals surface area contributed by atoms with Crippen molar-refractivity contribution in [2.24, 2.45) is 0 Å². The molecule has 0 spiro atoms.